The fraction of sp³-hybridized carbons (Fsp3) is 0.750. The molecular weight excluding hydrogens is 170 g/mol. The number of nitrogens with one attached hydrogen (secondary N) is 1. The number of aromatic nitrogens is 3. The molecular formula is C8H15N3O2. The van der Waals surface area contributed by atoms with Crippen molar-refractivity contribution in [1.82, 2.24) is 14.8 Å². The molecule has 0 aliphatic heterocycles. The summed E-state index contributed by atoms with van der Waals surface area (Å²) in [7, 11) is 0. The quantitative estimate of drug-likeness (QED) is 0.692. The van der Waals surface area contributed by atoms with Crippen molar-refractivity contribution >= 4 is 0 Å². The predicted octanol–water partition coefficient (Wildman–Crippen LogP) is -0.0216. The summed E-state index contributed by atoms with van der Waals surface area (Å²) >= 11 is 0. The molecule has 1 rings (SSSR count). The average molecular weight is 185 g/mol. The van der Waals surface area contributed by atoms with Gasteiger partial charge in [-0.15, -0.1) is 0 Å². The van der Waals surface area contributed by atoms with E-state index in [1.807, 2.05) is 13.8 Å². The van der Waals surface area contributed by atoms with Gasteiger partial charge in [-0.05, 0) is 12.3 Å². The Hall–Kier alpha value is -1.10. The Morgan fingerprint density at radius 3 is 2.85 bits per heavy atom. The van der Waals surface area contributed by atoms with Crippen LogP contribution in [-0.4, -0.2) is 26.0 Å². The molecule has 5 nitrogen and oxygen atoms in total. The van der Waals surface area contributed by atoms with Crippen molar-refractivity contribution in [3.05, 3.63) is 16.8 Å². The Morgan fingerprint density at radius 1 is 1.69 bits per heavy atom. The van der Waals surface area contributed by atoms with Crippen molar-refractivity contribution < 1.29 is 5.11 Å². The van der Waals surface area contributed by atoms with Gasteiger partial charge in [0.05, 0.1) is 12.6 Å². The summed E-state index contributed by atoms with van der Waals surface area (Å²) in [6.07, 6.45) is 1.61. The summed E-state index contributed by atoms with van der Waals surface area (Å²) in [6.45, 7) is 4.37. The number of hydrogen-bond acceptors (Lipinski definition) is 3. The van der Waals surface area contributed by atoms with Crippen LogP contribution in [0.5, 0.6) is 0 Å². The summed E-state index contributed by atoms with van der Waals surface area (Å²) in [5.41, 5.74) is -0.275. The number of rotatable bonds is 4. The zero-order valence-corrected chi connectivity index (χ0v) is 7.90. The van der Waals surface area contributed by atoms with Crippen LogP contribution in [0.2, 0.25) is 0 Å². The zero-order valence-electron chi connectivity index (χ0n) is 7.90. The standard InChI is InChI=1S/C8H15N3O2/c1-6(2)3-7(12)4-11-5-9-10-8(11)13/h5-7,12H,3-4H2,1-2H3,(H,10,13). The van der Waals surface area contributed by atoms with Gasteiger partial charge in [-0.2, -0.15) is 5.10 Å². The van der Waals surface area contributed by atoms with E-state index in [0.717, 1.165) is 0 Å². The molecule has 0 amide bonds. The summed E-state index contributed by atoms with van der Waals surface area (Å²) in [4.78, 5) is 11.0. The second-order valence-corrected chi connectivity index (χ2v) is 3.60. The van der Waals surface area contributed by atoms with Gasteiger partial charge in [0, 0.05) is 0 Å². The maximum atomic E-state index is 11.0. The van der Waals surface area contributed by atoms with E-state index >= 15 is 0 Å². The fourth-order valence-electron chi connectivity index (χ4n) is 1.25. The Bertz CT molecular complexity index is 302. The van der Waals surface area contributed by atoms with E-state index in [4.69, 9.17) is 0 Å². The molecule has 5 heteroatoms. The van der Waals surface area contributed by atoms with Crippen LogP contribution < -0.4 is 5.69 Å². The zero-order chi connectivity index (χ0) is 9.84. The van der Waals surface area contributed by atoms with Crippen molar-refractivity contribution in [1.29, 1.82) is 0 Å². The second-order valence-electron chi connectivity index (χ2n) is 3.60. The molecule has 1 aromatic heterocycles. The first-order chi connectivity index (χ1) is 6.09. The number of aliphatic hydroxyl groups is 1. The molecule has 0 aromatic carbocycles. The Labute approximate surface area is 76.4 Å². The molecule has 1 aromatic rings. The highest BCUT2D eigenvalue weighted by molar-refractivity contribution is 4.67. The highest BCUT2D eigenvalue weighted by Gasteiger charge is 2.08. The molecule has 0 aliphatic rings. The fourth-order valence-corrected chi connectivity index (χ4v) is 1.25. The number of nitrogens with zero attached hydrogens (tertiary/aromatic N) is 2. The third-order valence-corrected chi connectivity index (χ3v) is 1.77. The average Bonchev–Trinajstić information content (AvgIpc) is 2.34. The van der Waals surface area contributed by atoms with E-state index in [1.165, 1.54) is 10.9 Å². The third-order valence-electron chi connectivity index (χ3n) is 1.77. The van der Waals surface area contributed by atoms with Crippen molar-refractivity contribution in [3.63, 3.8) is 0 Å². The predicted molar refractivity (Wildman–Crippen MR) is 48.3 cm³/mol. The van der Waals surface area contributed by atoms with Crippen LogP contribution >= 0.6 is 0 Å². The molecule has 0 bridgehead atoms. The first-order valence-corrected chi connectivity index (χ1v) is 4.37. The van der Waals surface area contributed by atoms with Gasteiger partial charge in [0.25, 0.3) is 0 Å². The molecule has 13 heavy (non-hydrogen) atoms. The minimum absolute atomic E-state index is 0.275. The van der Waals surface area contributed by atoms with Crippen LogP contribution in [0.15, 0.2) is 11.1 Å². The summed E-state index contributed by atoms with van der Waals surface area (Å²) < 4.78 is 1.37. The minimum Gasteiger partial charge on any atom is -0.391 e. The van der Waals surface area contributed by atoms with Crippen LogP contribution in [0.1, 0.15) is 20.3 Å². The lowest BCUT2D eigenvalue weighted by atomic mass is 10.1. The lowest BCUT2D eigenvalue weighted by Gasteiger charge is -2.12. The lowest BCUT2D eigenvalue weighted by Crippen LogP contribution is -2.25. The highest BCUT2D eigenvalue weighted by Crippen LogP contribution is 2.05. The van der Waals surface area contributed by atoms with Gasteiger partial charge in [0.1, 0.15) is 6.33 Å². The van der Waals surface area contributed by atoms with E-state index in [-0.39, 0.29) is 5.69 Å². The molecule has 2 N–H and O–H groups in total. The van der Waals surface area contributed by atoms with Gasteiger partial charge in [0.2, 0.25) is 0 Å². The summed E-state index contributed by atoms with van der Waals surface area (Å²) in [6, 6.07) is 0. The molecule has 0 saturated heterocycles. The van der Waals surface area contributed by atoms with E-state index in [1.54, 1.807) is 0 Å². The molecule has 0 spiro atoms. The number of hydrogen-bond donors (Lipinski definition) is 2. The SMILES string of the molecule is CC(C)CC(O)Cn1cn[nH]c1=O. The molecule has 0 radical (unpaired) electrons. The Morgan fingerprint density at radius 2 is 2.38 bits per heavy atom. The first-order valence-electron chi connectivity index (χ1n) is 4.37. The van der Waals surface area contributed by atoms with Gasteiger partial charge in [-0.3, -0.25) is 4.57 Å². The molecule has 74 valence electrons. The Balaban J connectivity index is 2.50. The Kier molecular flexibility index (Phi) is 3.25. The van der Waals surface area contributed by atoms with Gasteiger partial charge in [-0.1, -0.05) is 13.8 Å². The van der Waals surface area contributed by atoms with Gasteiger partial charge >= 0.3 is 5.69 Å². The van der Waals surface area contributed by atoms with E-state index in [0.29, 0.717) is 18.9 Å². The maximum absolute atomic E-state index is 11.0. The largest absolute Gasteiger partial charge is 0.391 e. The van der Waals surface area contributed by atoms with Crippen molar-refractivity contribution in [2.75, 3.05) is 0 Å². The number of H-pyrrole nitrogens is 1. The molecule has 1 atom stereocenters. The first kappa shape index (κ1) is 9.98. The summed E-state index contributed by atoms with van der Waals surface area (Å²) in [5.74, 6) is 0.428. The van der Waals surface area contributed by atoms with Gasteiger partial charge < -0.3 is 5.11 Å². The van der Waals surface area contributed by atoms with E-state index in [9.17, 15) is 9.90 Å². The van der Waals surface area contributed by atoms with Crippen molar-refractivity contribution in [3.8, 4) is 0 Å². The molecule has 0 aliphatic carbocycles. The van der Waals surface area contributed by atoms with Gasteiger partial charge in [-0.25, -0.2) is 9.89 Å². The molecule has 0 saturated carbocycles. The van der Waals surface area contributed by atoms with Crippen LogP contribution in [0.3, 0.4) is 0 Å². The smallest absolute Gasteiger partial charge is 0.343 e. The van der Waals surface area contributed by atoms with Crippen LogP contribution in [-0.2, 0) is 6.54 Å². The second kappa shape index (κ2) is 4.23. The number of aliphatic hydroxyl groups excluding tert-OH is 1. The molecule has 1 heterocycles. The minimum atomic E-state index is -0.477. The summed E-state index contributed by atoms with van der Waals surface area (Å²) in [5, 5.41) is 15.4. The maximum Gasteiger partial charge on any atom is 0.343 e. The number of aromatic amines is 1. The monoisotopic (exact) mass is 185 g/mol. The van der Waals surface area contributed by atoms with Crippen LogP contribution in [0, 0.1) is 5.92 Å². The molecule has 0 fully saturated rings. The van der Waals surface area contributed by atoms with E-state index in [2.05, 4.69) is 10.2 Å². The normalized spacial score (nSPS) is 13.5. The van der Waals surface area contributed by atoms with Gasteiger partial charge in [0.15, 0.2) is 0 Å². The van der Waals surface area contributed by atoms with Crippen molar-refractivity contribution in [2.45, 2.75) is 32.9 Å². The molecule has 1 unspecified atom stereocenters. The van der Waals surface area contributed by atoms with Crippen LogP contribution in [0.4, 0.5) is 0 Å². The van der Waals surface area contributed by atoms with Crippen molar-refractivity contribution in [2.24, 2.45) is 5.92 Å². The highest BCUT2D eigenvalue weighted by atomic mass is 16.3. The lowest BCUT2D eigenvalue weighted by molar-refractivity contribution is 0.128. The van der Waals surface area contributed by atoms with Crippen LogP contribution in [0.25, 0.3) is 0 Å². The van der Waals surface area contributed by atoms with E-state index < -0.39 is 6.10 Å². The topological polar surface area (TPSA) is 70.9 Å². The third kappa shape index (κ3) is 3.02.